The zero-order valence-electron chi connectivity index (χ0n) is 17.1. The lowest BCUT2D eigenvalue weighted by Gasteiger charge is -2.27. The van der Waals surface area contributed by atoms with Crippen LogP contribution >= 0.6 is 0 Å². The summed E-state index contributed by atoms with van der Waals surface area (Å²) in [6.07, 6.45) is 0.747. The minimum atomic E-state index is -0.410. The summed E-state index contributed by atoms with van der Waals surface area (Å²) >= 11 is 0. The maximum atomic E-state index is 9.79. The minimum absolute atomic E-state index is 0.410. The second-order valence-corrected chi connectivity index (χ2v) is 7.11. The van der Waals surface area contributed by atoms with Gasteiger partial charge in [-0.1, -0.05) is 24.3 Å². The van der Waals surface area contributed by atoms with Gasteiger partial charge in [0.05, 0.1) is 0 Å². The van der Waals surface area contributed by atoms with Gasteiger partial charge in [-0.2, -0.15) is 5.26 Å². The molecule has 4 heteroatoms. The van der Waals surface area contributed by atoms with E-state index in [0.717, 1.165) is 30.6 Å². The van der Waals surface area contributed by atoms with Gasteiger partial charge < -0.3 is 14.4 Å². The summed E-state index contributed by atoms with van der Waals surface area (Å²) in [7, 11) is 1.68. The fraction of sp³-hybridized carbons (Fsp3) is 0.435. The summed E-state index contributed by atoms with van der Waals surface area (Å²) in [5, 5.41) is 9.79. The molecule has 0 radical (unpaired) electrons. The quantitative estimate of drug-likeness (QED) is 0.607. The summed E-state index contributed by atoms with van der Waals surface area (Å²) in [6.45, 7) is 10.9. The predicted octanol–water partition coefficient (Wildman–Crippen LogP) is 5.27. The molecule has 0 fully saturated rings. The molecule has 0 atom stereocenters. The van der Waals surface area contributed by atoms with E-state index in [1.807, 2.05) is 32.0 Å². The minimum Gasteiger partial charge on any atom is -0.486 e. The van der Waals surface area contributed by atoms with Crippen molar-refractivity contribution < 1.29 is 9.47 Å². The normalized spacial score (nSPS) is 11.1. The van der Waals surface area contributed by atoms with Gasteiger partial charge in [-0.25, -0.2) is 0 Å². The van der Waals surface area contributed by atoms with Crippen LogP contribution in [0.2, 0.25) is 0 Å². The Morgan fingerprint density at radius 3 is 2.26 bits per heavy atom. The summed E-state index contributed by atoms with van der Waals surface area (Å²) in [4.78, 5) is 2.30. The van der Waals surface area contributed by atoms with Crippen LogP contribution in [0, 0.1) is 11.3 Å². The van der Waals surface area contributed by atoms with Crippen molar-refractivity contribution in [1.82, 2.24) is 0 Å². The van der Waals surface area contributed by atoms with Crippen LogP contribution < -0.4 is 9.64 Å². The van der Waals surface area contributed by atoms with Crippen molar-refractivity contribution in [1.29, 1.82) is 5.26 Å². The van der Waals surface area contributed by atoms with Crippen molar-refractivity contribution in [2.75, 3.05) is 31.7 Å². The second-order valence-electron chi connectivity index (χ2n) is 7.11. The molecule has 0 unspecified atom stereocenters. The lowest BCUT2D eigenvalue weighted by Crippen LogP contribution is -2.30. The highest BCUT2D eigenvalue weighted by atomic mass is 16.5. The summed E-state index contributed by atoms with van der Waals surface area (Å²) in [6, 6.07) is 16.5. The van der Waals surface area contributed by atoms with Gasteiger partial charge in [0, 0.05) is 44.5 Å². The maximum Gasteiger partial charge on any atom is 0.138 e. The summed E-state index contributed by atoms with van der Waals surface area (Å²) in [5.74, 6) is 0.615. The van der Waals surface area contributed by atoms with Gasteiger partial charge in [-0.05, 0) is 51.5 Å². The maximum absolute atomic E-state index is 9.79. The fourth-order valence-corrected chi connectivity index (χ4v) is 3.11. The van der Waals surface area contributed by atoms with Crippen molar-refractivity contribution in [2.45, 2.75) is 39.7 Å². The number of rotatable bonds is 9. The van der Waals surface area contributed by atoms with E-state index < -0.39 is 5.60 Å². The first-order chi connectivity index (χ1) is 13.0. The molecule has 2 aromatic rings. The van der Waals surface area contributed by atoms with Gasteiger partial charge in [0.2, 0.25) is 0 Å². The van der Waals surface area contributed by atoms with E-state index in [1.165, 1.54) is 5.69 Å². The number of methoxy groups -OCH3 is 1. The van der Waals surface area contributed by atoms with Crippen LogP contribution in [0.5, 0.6) is 5.75 Å². The third kappa shape index (κ3) is 5.24. The predicted molar refractivity (Wildman–Crippen MR) is 111 cm³/mol. The Balaban J connectivity index is 2.34. The van der Waals surface area contributed by atoms with Crippen molar-refractivity contribution in [2.24, 2.45) is 0 Å². The first kappa shape index (κ1) is 20.8. The topological polar surface area (TPSA) is 45.5 Å². The molecule has 0 saturated carbocycles. The number of nitrogens with zero attached hydrogens (tertiary/aromatic N) is 2. The summed E-state index contributed by atoms with van der Waals surface area (Å²) in [5.41, 5.74) is 3.26. The third-order valence-corrected chi connectivity index (χ3v) is 4.74. The Hall–Kier alpha value is -2.51. The first-order valence-electron chi connectivity index (χ1n) is 9.52. The Kier molecular flexibility index (Phi) is 7.27. The number of hydrogen-bond acceptors (Lipinski definition) is 4. The van der Waals surface area contributed by atoms with Crippen molar-refractivity contribution >= 4 is 5.69 Å². The van der Waals surface area contributed by atoms with E-state index in [4.69, 9.17) is 9.47 Å². The Bertz CT molecular complexity index is 772. The fourth-order valence-electron chi connectivity index (χ4n) is 3.11. The second kappa shape index (κ2) is 9.43. The monoisotopic (exact) mass is 366 g/mol. The molecule has 0 aliphatic rings. The van der Waals surface area contributed by atoms with Crippen LogP contribution in [0.4, 0.5) is 5.69 Å². The van der Waals surface area contributed by atoms with Gasteiger partial charge in [0.1, 0.15) is 23.0 Å². The lowest BCUT2D eigenvalue weighted by atomic mass is 9.98. The SMILES string of the molecule is CCN(CC)c1ccc(-c2cccc(OC(C)(C)CCOC)c2C#N)cc1. The Labute approximate surface area is 163 Å². The standard InChI is InChI=1S/C23H30N2O2/c1-6-25(7-2)19-13-11-18(12-14-19)20-9-8-10-22(21(20)17-24)27-23(3,4)15-16-26-5/h8-14H,6-7,15-16H2,1-5H3. The van der Waals surface area contributed by atoms with Crippen LogP contribution in [0.3, 0.4) is 0 Å². The highest BCUT2D eigenvalue weighted by molar-refractivity contribution is 5.75. The van der Waals surface area contributed by atoms with E-state index in [-0.39, 0.29) is 0 Å². The average Bonchev–Trinajstić information content (AvgIpc) is 2.67. The number of benzene rings is 2. The van der Waals surface area contributed by atoms with Crippen molar-refractivity contribution in [3.63, 3.8) is 0 Å². The van der Waals surface area contributed by atoms with Crippen LogP contribution in [-0.2, 0) is 4.74 Å². The Morgan fingerprint density at radius 1 is 1.04 bits per heavy atom. The molecular formula is C23H30N2O2. The molecule has 0 heterocycles. The van der Waals surface area contributed by atoms with Crippen molar-refractivity contribution in [3.05, 3.63) is 48.0 Å². The number of anilines is 1. The van der Waals surface area contributed by atoms with E-state index in [9.17, 15) is 5.26 Å². The first-order valence-corrected chi connectivity index (χ1v) is 9.52. The van der Waals surface area contributed by atoms with Crippen LogP contribution in [0.1, 0.15) is 39.7 Å². The van der Waals surface area contributed by atoms with Gasteiger partial charge in [-0.15, -0.1) is 0 Å². The third-order valence-electron chi connectivity index (χ3n) is 4.74. The smallest absolute Gasteiger partial charge is 0.138 e. The van der Waals surface area contributed by atoms with E-state index in [2.05, 4.69) is 49.1 Å². The molecule has 0 amide bonds. The molecule has 0 aromatic heterocycles. The largest absolute Gasteiger partial charge is 0.486 e. The number of nitriles is 1. The zero-order valence-corrected chi connectivity index (χ0v) is 17.1. The van der Waals surface area contributed by atoms with Gasteiger partial charge in [0.15, 0.2) is 0 Å². The summed E-state index contributed by atoms with van der Waals surface area (Å²) < 4.78 is 11.3. The van der Waals surface area contributed by atoms with Gasteiger partial charge in [-0.3, -0.25) is 0 Å². The van der Waals surface area contributed by atoms with E-state index in [0.29, 0.717) is 17.9 Å². The lowest BCUT2D eigenvalue weighted by molar-refractivity contribution is 0.0628. The van der Waals surface area contributed by atoms with Gasteiger partial charge >= 0.3 is 0 Å². The van der Waals surface area contributed by atoms with Crippen LogP contribution in [0.15, 0.2) is 42.5 Å². The van der Waals surface area contributed by atoms with E-state index in [1.54, 1.807) is 7.11 Å². The highest BCUT2D eigenvalue weighted by Gasteiger charge is 2.22. The molecule has 27 heavy (non-hydrogen) atoms. The number of ether oxygens (including phenoxy) is 2. The molecular weight excluding hydrogens is 336 g/mol. The number of hydrogen-bond donors (Lipinski definition) is 0. The molecule has 2 rings (SSSR count). The molecule has 0 spiro atoms. The molecule has 0 aliphatic heterocycles. The van der Waals surface area contributed by atoms with Crippen LogP contribution in [-0.4, -0.2) is 32.4 Å². The van der Waals surface area contributed by atoms with Gasteiger partial charge in [0.25, 0.3) is 0 Å². The Morgan fingerprint density at radius 2 is 1.70 bits per heavy atom. The van der Waals surface area contributed by atoms with Crippen LogP contribution in [0.25, 0.3) is 11.1 Å². The van der Waals surface area contributed by atoms with E-state index >= 15 is 0 Å². The zero-order chi connectivity index (χ0) is 19.9. The average molecular weight is 367 g/mol. The molecule has 144 valence electrons. The highest BCUT2D eigenvalue weighted by Crippen LogP contribution is 2.33. The molecule has 0 N–H and O–H groups in total. The molecule has 0 aliphatic carbocycles. The van der Waals surface area contributed by atoms with Crippen molar-refractivity contribution in [3.8, 4) is 22.9 Å². The molecule has 2 aromatic carbocycles. The molecule has 0 bridgehead atoms. The molecule has 4 nitrogen and oxygen atoms in total. The molecule has 0 saturated heterocycles.